The first-order chi connectivity index (χ1) is 11.5. The van der Waals surface area contributed by atoms with Crippen molar-refractivity contribution in [3.05, 3.63) is 55.7 Å². The topological polar surface area (TPSA) is 23.6 Å². The monoisotopic (exact) mass is 418 g/mol. The molecule has 3 rings (SSSR count). The highest BCUT2D eigenvalue weighted by Crippen LogP contribution is 2.34. The molecule has 1 amide bonds. The number of thiophene rings is 1. The summed E-state index contributed by atoms with van der Waals surface area (Å²) in [5, 5.41) is 3.13. The lowest BCUT2D eigenvalue weighted by molar-refractivity contribution is -0.133. The van der Waals surface area contributed by atoms with Crippen LogP contribution in [0.25, 0.3) is 0 Å². The van der Waals surface area contributed by atoms with Crippen molar-refractivity contribution in [3.63, 3.8) is 0 Å². The van der Waals surface area contributed by atoms with E-state index >= 15 is 0 Å². The minimum absolute atomic E-state index is 0. The third kappa shape index (κ3) is 4.69. The van der Waals surface area contributed by atoms with Gasteiger partial charge in [-0.25, -0.2) is 0 Å². The number of nitrogens with zero attached hydrogens (tertiary/aromatic N) is 2. The van der Waals surface area contributed by atoms with Gasteiger partial charge in [0.15, 0.2) is 0 Å². The van der Waals surface area contributed by atoms with Crippen molar-refractivity contribution in [2.75, 3.05) is 27.2 Å². The summed E-state index contributed by atoms with van der Waals surface area (Å²) in [5.74, 6) is 0.136. The lowest BCUT2D eigenvalue weighted by Crippen LogP contribution is -2.44. The van der Waals surface area contributed by atoms with Gasteiger partial charge in [0.1, 0.15) is 0 Å². The van der Waals surface area contributed by atoms with E-state index in [0.29, 0.717) is 16.5 Å². The predicted molar refractivity (Wildman–Crippen MR) is 108 cm³/mol. The Hall–Kier alpha value is -0.780. The van der Waals surface area contributed by atoms with Crippen LogP contribution in [0.1, 0.15) is 22.0 Å². The van der Waals surface area contributed by atoms with Gasteiger partial charge in [0.05, 0.1) is 22.5 Å². The van der Waals surface area contributed by atoms with E-state index in [1.807, 2.05) is 25.1 Å². The van der Waals surface area contributed by atoms with Crippen LogP contribution in [0.3, 0.4) is 0 Å². The second kappa shape index (κ2) is 8.74. The number of carbonyl (C=O) groups excluding carboxylic acids is 1. The maximum absolute atomic E-state index is 12.9. The Balaban J connectivity index is 0.00000225. The number of rotatable bonds is 4. The first-order valence-electron chi connectivity index (χ1n) is 7.90. The average molecular weight is 420 g/mol. The van der Waals surface area contributed by atoms with Gasteiger partial charge >= 0.3 is 0 Å². The van der Waals surface area contributed by atoms with Crippen molar-refractivity contribution in [2.45, 2.75) is 18.9 Å². The van der Waals surface area contributed by atoms with E-state index in [1.54, 1.807) is 23.5 Å². The van der Waals surface area contributed by atoms with Gasteiger partial charge in [0, 0.05) is 18.0 Å². The normalized spacial score (nSPS) is 16.5. The SMILES string of the molecule is CN(C)CC1c2ccsc2CCN1C(=O)Cc1ccc(Cl)c(Cl)c1.Cl. The van der Waals surface area contributed by atoms with Crippen molar-refractivity contribution in [2.24, 2.45) is 0 Å². The molecule has 25 heavy (non-hydrogen) atoms. The number of hydrogen-bond acceptors (Lipinski definition) is 3. The Morgan fingerprint density at radius 2 is 2.04 bits per heavy atom. The highest BCUT2D eigenvalue weighted by Gasteiger charge is 2.31. The minimum atomic E-state index is 0. The standard InChI is InChI=1S/C18H20Cl2N2OS.ClH/c1-21(2)11-16-13-6-8-24-17(13)5-7-22(16)18(23)10-12-3-4-14(19)15(20)9-12;/h3-4,6,8-9,16H,5,7,10-11H2,1-2H3;1H. The molecule has 3 nitrogen and oxygen atoms in total. The zero-order valence-electron chi connectivity index (χ0n) is 14.2. The van der Waals surface area contributed by atoms with Gasteiger partial charge in [-0.3, -0.25) is 4.79 Å². The maximum atomic E-state index is 12.9. The Bertz CT molecular complexity index is 748. The van der Waals surface area contributed by atoms with Crippen LogP contribution in [0.4, 0.5) is 0 Å². The summed E-state index contributed by atoms with van der Waals surface area (Å²) in [5.41, 5.74) is 2.19. The molecule has 1 aliphatic rings. The van der Waals surface area contributed by atoms with E-state index in [9.17, 15) is 4.79 Å². The van der Waals surface area contributed by atoms with Gasteiger partial charge in [0.2, 0.25) is 5.91 Å². The number of amides is 1. The first-order valence-corrected chi connectivity index (χ1v) is 9.53. The molecule has 0 saturated carbocycles. The third-order valence-corrected chi connectivity index (χ3v) is 6.03. The van der Waals surface area contributed by atoms with Crippen LogP contribution in [0.2, 0.25) is 10.0 Å². The van der Waals surface area contributed by atoms with Gasteiger partial charge in [-0.1, -0.05) is 29.3 Å². The average Bonchev–Trinajstić information content (AvgIpc) is 2.99. The van der Waals surface area contributed by atoms with Gasteiger partial charge in [-0.15, -0.1) is 23.7 Å². The second-order valence-electron chi connectivity index (χ2n) is 6.34. The number of fused-ring (bicyclic) bond motifs is 1. The molecule has 0 radical (unpaired) electrons. The fourth-order valence-electron chi connectivity index (χ4n) is 3.16. The van der Waals surface area contributed by atoms with Gasteiger partial charge in [0.25, 0.3) is 0 Å². The van der Waals surface area contributed by atoms with Crippen LogP contribution < -0.4 is 0 Å². The number of benzene rings is 1. The molecule has 1 unspecified atom stereocenters. The molecule has 0 spiro atoms. The van der Waals surface area contributed by atoms with E-state index in [0.717, 1.165) is 25.1 Å². The molecule has 0 aliphatic carbocycles. The molecule has 2 aromatic rings. The van der Waals surface area contributed by atoms with Crippen molar-refractivity contribution < 1.29 is 4.79 Å². The third-order valence-electron chi connectivity index (χ3n) is 4.29. The molecule has 1 aliphatic heterocycles. The summed E-state index contributed by atoms with van der Waals surface area (Å²) in [6.45, 7) is 1.60. The largest absolute Gasteiger partial charge is 0.334 e. The van der Waals surface area contributed by atoms with Crippen LogP contribution in [0, 0.1) is 0 Å². The molecule has 7 heteroatoms. The molecule has 0 bridgehead atoms. The summed E-state index contributed by atoms with van der Waals surface area (Å²) < 4.78 is 0. The molecule has 0 fully saturated rings. The lowest BCUT2D eigenvalue weighted by Gasteiger charge is -2.37. The Kier molecular flexibility index (Phi) is 7.18. The van der Waals surface area contributed by atoms with Crippen LogP contribution in [0.15, 0.2) is 29.6 Å². The van der Waals surface area contributed by atoms with E-state index in [2.05, 4.69) is 16.3 Å². The molecule has 0 N–H and O–H groups in total. The number of likely N-dealkylation sites (N-methyl/N-ethyl adjacent to an activating group) is 1. The molecule has 2 heterocycles. The van der Waals surface area contributed by atoms with Crippen molar-refractivity contribution >= 4 is 52.9 Å². The zero-order valence-corrected chi connectivity index (χ0v) is 17.3. The smallest absolute Gasteiger partial charge is 0.227 e. The van der Waals surface area contributed by atoms with Crippen LogP contribution in [0.5, 0.6) is 0 Å². The van der Waals surface area contributed by atoms with Crippen molar-refractivity contribution in [1.29, 1.82) is 0 Å². The fourth-order valence-corrected chi connectivity index (χ4v) is 4.41. The van der Waals surface area contributed by atoms with Gasteiger partial charge < -0.3 is 9.80 Å². The van der Waals surface area contributed by atoms with Gasteiger partial charge in [-0.2, -0.15) is 0 Å². The van der Waals surface area contributed by atoms with E-state index in [1.165, 1.54) is 10.4 Å². The molecule has 1 aromatic carbocycles. The summed E-state index contributed by atoms with van der Waals surface area (Å²) >= 11 is 13.8. The number of carbonyl (C=O) groups is 1. The van der Waals surface area contributed by atoms with E-state index in [-0.39, 0.29) is 24.4 Å². The molecule has 1 atom stereocenters. The lowest BCUT2D eigenvalue weighted by atomic mass is 9.98. The Labute approximate surface area is 168 Å². The fraction of sp³-hybridized carbons (Fsp3) is 0.389. The summed E-state index contributed by atoms with van der Waals surface area (Å²) in [6.07, 6.45) is 1.28. The molecule has 136 valence electrons. The highest BCUT2D eigenvalue weighted by atomic mass is 35.5. The summed E-state index contributed by atoms with van der Waals surface area (Å²) in [7, 11) is 4.09. The highest BCUT2D eigenvalue weighted by molar-refractivity contribution is 7.10. The van der Waals surface area contributed by atoms with E-state index < -0.39 is 0 Å². The van der Waals surface area contributed by atoms with Crippen LogP contribution in [-0.4, -0.2) is 42.9 Å². The zero-order chi connectivity index (χ0) is 17.3. The number of halogens is 3. The summed E-state index contributed by atoms with van der Waals surface area (Å²) in [4.78, 5) is 18.5. The van der Waals surface area contributed by atoms with Gasteiger partial charge in [-0.05, 0) is 55.2 Å². The summed E-state index contributed by atoms with van der Waals surface area (Å²) in [6, 6.07) is 7.67. The first kappa shape index (κ1) is 20.5. The van der Waals surface area contributed by atoms with E-state index in [4.69, 9.17) is 23.2 Å². The maximum Gasteiger partial charge on any atom is 0.227 e. The number of hydrogen-bond donors (Lipinski definition) is 0. The minimum Gasteiger partial charge on any atom is -0.334 e. The molecular weight excluding hydrogens is 399 g/mol. The second-order valence-corrected chi connectivity index (χ2v) is 8.15. The van der Waals surface area contributed by atoms with Crippen molar-refractivity contribution in [1.82, 2.24) is 9.80 Å². The van der Waals surface area contributed by atoms with Crippen LogP contribution >= 0.6 is 46.9 Å². The molecule has 0 saturated heterocycles. The molecular formula is C18H21Cl3N2OS. The Morgan fingerprint density at radius 1 is 1.28 bits per heavy atom. The van der Waals surface area contributed by atoms with Crippen molar-refractivity contribution in [3.8, 4) is 0 Å². The predicted octanol–water partition coefficient (Wildman–Crippen LogP) is 4.71. The quantitative estimate of drug-likeness (QED) is 0.716. The van der Waals surface area contributed by atoms with Crippen LogP contribution in [-0.2, 0) is 17.6 Å². The molecule has 1 aromatic heterocycles. The Morgan fingerprint density at radius 3 is 2.72 bits per heavy atom.